The molecule has 0 spiro atoms. The fourth-order valence-corrected chi connectivity index (χ4v) is 1.78. The number of fused-ring (bicyclic) bond motifs is 1. The molecule has 0 radical (unpaired) electrons. The molecule has 4 N–H and O–H groups in total. The first-order chi connectivity index (χ1) is 10.0. The Balaban J connectivity index is 2.52. The molecule has 1 heterocycles. The zero-order valence-corrected chi connectivity index (χ0v) is 10.9. The summed E-state index contributed by atoms with van der Waals surface area (Å²) in [5.74, 6) is 0.181. The first-order valence-corrected chi connectivity index (χ1v) is 6.05. The Morgan fingerprint density at radius 3 is 2.43 bits per heavy atom. The average molecular weight is 294 g/mol. The van der Waals surface area contributed by atoms with Gasteiger partial charge in [0.25, 0.3) is 5.69 Å². The van der Waals surface area contributed by atoms with Gasteiger partial charge in [0.1, 0.15) is 17.7 Å². The largest absolute Gasteiger partial charge is 0.394 e. The predicted molar refractivity (Wildman–Crippen MR) is 73.8 cm³/mol. The summed E-state index contributed by atoms with van der Waals surface area (Å²) in [5, 5.41) is 41.9. The van der Waals surface area contributed by atoms with Crippen molar-refractivity contribution in [2.45, 2.75) is 5.54 Å². The third kappa shape index (κ3) is 2.89. The zero-order valence-electron chi connectivity index (χ0n) is 10.9. The van der Waals surface area contributed by atoms with Crippen LogP contribution >= 0.6 is 0 Å². The number of nitrogens with one attached hydrogen (secondary N) is 1. The SMILES string of the molecule is O=[N+]([O-])c1ccc2ncnc(NC(CO)(CO)CO)c2c1. The van der Waals surface area contributed by atoms with Gasteiger partial charge in [-0.3, -0.25) is 10.1 Å². The summed E-state index contributed by atoms with van der Waals surface area (Å²) in [4.78, 5) is 18.2. The van der Waals surface area contributed by atoms with Crippen LogP contribution in [-0.2, 0) is 0 Å². The van der Waals surface area contributed by atoms with Crippen LogP contribution < -0.4 is 5.32 Å². The van der Waals surface area contributed by atoms with Crippen molar-refractivity contribution in [2.75, 3.05) is 25.1 Å². The number of aliphatic hydroxyl groups excluding tert-OH is 3. The normalized spacial score (nSPS) is 11.6. The average Bonchev–Trinajstić information content (AvgIpc) is 2.52. The molecule has 2 aromatic rings. The van der Waals surface area contributed by atoms with Crippen LogP contribution in [0.2, 0.25) is 0 Å². The van der Waals surface area contributed by atoms with Crippen molar-refractivity contribution >= 4 is 22.4 Å². The lowest BCUT2D eigenvalue weighted by Crippen LogP contribution is -2.49. The highest BCUT2D eigenvalue weighted by Gasteiger charge is 2.29. The van der Waals surface area contributed by atoms with Gasteiger partial charge < -0.3 is 20.6 Å². The van der Waals surface area contributed by atoms with E-state index >= 15 is 0 Å². The molecule has 112 valence electrons. The highest BCUT2D eigenvalue weighted by Crippen LogP contribution is 2.26. The van der Waals surface area contributed by atoms with Crippen LogP contribution in [0.1, 0.15) is 0 Å². The van der Waals surface area contributed by atoms with Crippen molar-refractivity contribution in [2.24, 2.45) is 0 Å². The molecule has 0 aliphatic heterocycles. The third-order valence-corrected chi connectivity index (χ3v) is 3.12. The van der Waals surface area contributed by atoms with E-state index in [4.69, 9.17) is 0 Å². The van der Waals surface area contributed by atoms with E-state index in [0.717, 1.165) is 0 Å². The zero-order chi connectivity index (χ0) is 15.5. The number of non-ortho nitro benzene ring substituents is 1. The van der Waals surface area contributed by atoms with Crippen LogP contribution in [0.25, 0.3) is 10.9 Å². The van der Waals surface area contributed by atoms with E-state index in [1.807, 2.05) is 0 Å². The van der Waals surface area contributed by atoms with E-state index in [1.165, 1.54) is 24.5 Å². The van der Waals surface area contributed by atoms with Crippen LogP contribution in [0.4, 0.5) is 11.5 Å². The molecule has 9 nitrogen and oxygen atoms in total. The van der Waals surface area contributed by atoms with Gasteiger partial charge in [0, 0.05) is 17.5 Å². The summed E-state index contributed by atoms with van der Waals surface area (Å²) in [7, 11) is 0. The van der Waals surface area contributed by atoms with E-state index < -0.39 is 30.3 Å². The molecular weight excluding hydrogens is 280 g/mol. The van der Waals surface area contributed by atoms with Crippen molar-refractivity contribution in [3.05, 3.63) is 34.6 Å². The lowest BCUT2D eigenvalue weighted by atomic mass is 10.0. The first kappa shape index (κ1) is 15.0. The number of aliphatic hydroxyl groups is 3. The number of benzene rings is 1. The Morgan fingerprint density at radius 2 is 1.86 bits per heavy atom. The summed E-state index contributed by atoms with van der Waals surface area (Å²) in [6, 6.07) is 4.07. The maximum absolute atomic E-state index is 10.8. The summed E-state index contributed by atoms with van der Waals surface area (Å²) >= 11 is 0. The van der Waals surface area contributed by atoms with Gasteiger partial charge in [0.15, 0.2) is 0 Å². The number of nitro groups is 1. The predicted octanol–water partition coefficient (Wildman–Crippen LogP) is -0.334. The van der Waals surface area contributed by atoms with Crippen LogP contribution in [0.5, 0.6) is 0 Å². The van der Waals surface area contributed by atoms with Crippen LogP contribution in [0, 0.1) is 10.1 Å². The molecule has 0 aliphatic carbocycles. The third-order valence-electron chi connectivity index (χ3n) is 3.12. The fraction of sp³-hybridized carbons (Fsp3) is 0.333. The van der Waals surface area contributed by atoms with Crippen molar-refractivity contribution in [1.82, 2.24) is 9.97 Å². The Bertz CT molecular complexity index is 651. The summed E-state index contributed by atoms with van der Waals surface area (Å²) in [6.45, 7) is -1.62. The lowest BCUT2D eigenvalue weighted by molar-refractivity contribution is -0.384. The molecule has 1 aromatic heterocycles. The first-order valence-electron chi connectivity index (χ1n) is 6.05. The molecule has 0 bridgehead atoms. The summed E-state index contributed by atoms with van der Waals surface area (Å²) < 4.78 is 0. The standard InChI is InChI=1S/C12H14N4O5/c17-4-12(5-18,6-19)15-11-9-3-8(16(20)21)1-2-10(9)13-7-14-11/h1-3,7,17-19H,4-6H2,(H,13,14,15). The Kier molecular flexibility index (Phi) is 4.26. The van der Waals surface area contributed by atoms with E-state index in [0.29, 0.717) is 10.9 Å². The Labute approximate surface area is 119 Å². The number of hydrogen-bond acceptors (Lipinski definition) is 8. The summed E-state index contributed by atoms with van der Waals surface area (Å²) in [5.41, 5.74) is -1.06. The van der Waals surface area contributed by atoms with Gasteiger partial charge in [-0.15, -0.1) is 0 Å². The van der Waals surface area contributed by atoms with Crippen molar-refractivity contribution in [3.8, 4) is 0 Å². The maximum atomic E-state index is 10.8. The van der Waals surface area contributed by atoms with Crippen molar-refractivity contribution in [1.29, 1.82) is 0 Å². The number of nitro benzene ring substituents is 1. The molecule has 0 unspecified atom stereocenters. The monoisotopic (exact) mass is 294 g/mol. The molecule has 9 heteroatoms. The molecule has 0 aliphatic rings. The highest BCUT2D eigenvalue weighted by atomic mass is 16.6. The Morgan fingerprint density at radius 1 is 1.19 bits per heavy atom. The number of aromatic nitrogens is 2. The fourth-order valence-electron chi connectivity index (χ4n) is 1.78. The number of anilines is 1. The van der Waals surface area contributed by atoms with Gasteiger partial charge in [0.05, 0.1) is 30.3 Å². The molecule has 0 saturated carbocycles. The van der Waals surface area contributed by atoms with Gasteiger partial charge >= 0.3 is 0 Å². The molecular formula is C12H14N4O5. The van der Waals surface area contributed by atoms with Gasteiger partial charge in [-0.1, -0.05) is 0 Å². The quantitative estimate of drug-likeness (QED) is 0.419. The number of nitrogens with zero attached hydrogens (tertiary/aromatic N) is 3. The van der Waals surface area contributed by atoms with E-state index in [-0.39, 0.29) is 11.5 Å². The number of rotatable bonds is 6. The van der Waals surface area contributed by atoms with Crippen molar-refractivity contribution in [3.63, 3.8) is 0 Å². The second-order valence-corrected chi connectivity index (χ2v) is 4.56. The Hall–Kier alpha value is -2.36. The van der Waals surface area contributed by atoms with E-state index in [1.54, 1.807) is 0 Å². The minimum absolute atomic E-state index is 0.136. The molecule has 2 rings (SSSR count). The maximum Gasteiger partial charge on any atom is 0.270 e. The highest BCUT2D eigenvalue weighted by molar-refractivity contribution is 5.90. The smallest absolute Gasteiger partial charge is 0.270 e. The second kappa shape index (κ2) is 5.95. The van der Waals surface area contributed by atoms with Gasteiger partial charge in [-0.05, 0) is 6.07 Å². The minimum Gasteiger partial charge on any atom is -0.394 e. The molecule has 1 aromatic carbocycles. The van der Waals surface area contributed by atoms with Gasteiger partial charge in [-0.25, -0.2) is 9.97 Å². The number of hydrogen-bond donors (Lipinski definition) is 4. The van der Waals surface area contributed by atoms with E-state index in [2.05, 4.69) is 15.3 Å². The van der Waals surface area contributed by atoms with Gasteiger partial charge in [-0.2, -0.15) is 0 Å². The van der Waals surface area contributed by atoms with Crippen molar-refractivity contribution < 1.29 is 20.2 Å². The second-order valence-electron chi connectivity index (χ2n) is 4.56. The molecule has 21 heavy (non-hydrogen) atoms. The summed E-state index contributed by atoms with van der Waals surface area (Å²) in [6.07, 6.45) is 1.24. The molecule has 0 amide bonds. The molecule has 0 saturated heterocycles. The van der Waals surface area contributed by atoms with Crippen LogP contribution in [-0.4, -0.2) is 55.6 Å². The molecule has 0 atom stereocenters. The van der Waals surface area contributed by atoms with Crippen LogP contribution in [0.3, 0.4) is 0 Å². The van der Waals surface area contributed by atoms with E-state index in [9.17, 15) is 25.4 Å². The van der Waals surface area contributed by atoms with Crippen LogP contribution in [0.15, 0.2) is 24.5 Å². The topological polar surface area (TPSA) is 142 Å². The minimum atomic E-state index is -1.38. The van der Waals surface area contributed by atoms with Gasteiger partial charge in [0.2, 0.25) is 0 Å². The lowest BCUT2D eigenvalue weighted by Gasteiger charge is -2.29. The molecule has 0 fully saturated rings.